The van der Waals surface area contributed by atoms with Crippen LogP contribution in [0.1, 0.15) is 15.9 Å². The number of hydrogen-bond acceptors (Lipinski definition) is 3. The fourth-order valence-corrected chi connectivity index (χ4v) is 1.79. The zero-order chi connectivity index (χ0) is 14.2. The molecule has 20 heavy (non-hydrogen) atoms. The average molecular weight is 271 g/mol. The first-order valence-corrected chi connectivity index (χ1v) is 6.46. The summed E-state index contributed by atoms with van der Waals surface area (Å²) in [5.41, 5.74) is 1.46. The Bertz CT molecular complexity index is 555. The summed E-state index contributed by atoms with van der Waals surface area (Å²) in [6.07, 6.45) is 0. The van der Waals surface area contributed by atoms with E-state index in [1.54, 1.807) is 18.2 Å². The van der Waals surface area contributed by atoms with Crippen molar-refractivity contribution in [3.05, 3.63) is 65.7 Å². The lowest BCUT2D eigenvalue weighted by Crippen LogP contribution is -2.20. The van der Waals surface area contributed by atoms with Gasteiger partial charge in [-0.1, -0.05) is 36.4 Å². The van der Waals surface area contributed by atoms with Crippen LogP contribution in [0.15, 0.2) is 54.6 Å². The van der Waals surface area contributed by atoms with Gasteiger partial charge in [-0.25, -0.2) is 4.79 Å². The van der Waals surface area contributed by atoms with Gasteiger partial charge in [-0.2, -0.15) is 0 Å². The van der Waals surface area contributed by atoms with E-state index in [1.807, 2.05) is 18.2 Å². The monoisotopic (exact) mass is 271 g/mol. The quantitative estimate of drug-likeness (QED) is 0.760. The molecule has 2 N–H and O–H groups in total. The first-order valence-electron chi connectivity index (χ1n) is 6.46. The van der Waals surface area contributed by atoms with Crippen molar-refractivity contribution in [3.63, 3.8) is 0 Å². The van der Waals surface area contributed by atoms with E-state index in [-0.39, 0.29) is 5.56 Å². The summed E-state index contributed by atoms with van der Waals surface area (Å²) in [6, 6.07) is 16.6. The molecular formula is C16H17NO3. The van der Waals surface area contributed by atoms with Crippen molar-refractivity contribution < 1.29 is 14.6 Å². The van der Waals surface area contributed by atoms with E-state index in [0.717, 1.165) is 6.54 Å². The van der Waals surface area contributed by atoms with Gasteiger partial charge < -0.3 is 15.2 Å². The van der Waals surface area contributed by atoms with Crippen LogP contribution in [0.5, 0.6) is 5.75 Å². The highest BCUT2D eigenvalue weighted by Crippen LogP contribution is 2.12. The number of carbonyl (C=O) groups is 1. The maximum Gasteiger partial charge on any atom is 0.335 e. The molecular weight excluding hydrogens is 254 g/mol. The van der Waals surface area contributed by atoms with Gasteiger partial charge in [0.2, 0.25) is 0 Å². The van der Waals surface area contributed by atoms with E-state index in [0.29, 0.717) is 18.9 Å². The van der Waals surface area contributed by atoms with E-state index in [2.05, 4.69) is 17.4 Å². The lowest BCUT2D eigenvalue weighted by molar-refractivity contribution is 0.0696. The molecule has 104 valence electrons. The molecule has 0 radical (unpaired) electrons. The van der Waals surface area contributed by atoms with E-state index in [1.165, 1.54) is 11.6 Å². The Morgan fingerprint density at radius 3 is 2.65 bits per heavy atom. The van der Waals surface area contributed by atoms with Gasteiger partial charge in [0, 0.05) is 13.1 Å². The Morgan fingerprint density at radius 2 is 1.90 bits per heavy atom. The highest BCUT2D eigenvalue weighted by molar-refractivity contribution is 5.87. The summed E-state index contributed by atoms with van der Waals surface area (Å²) in [7, 11) is 0. The highest BCUT2D eigenvalue weighted by atomic mass is 16.5. The van der Waals surface area contributed by atoms with Gasteiger partial charge in [-0.3, -0.25) is 0 Å². The summed E-state index contributed by atoms with van der Waals surface area (Å²) >= 11 is 0. The Hall–Kier alpha value is -2.33. The predicted octanol–water partition coefficient (Wildman–Crippen LogP) is 2.55. The van der Waals surface area contributed by atoms with Crippen molar-refractivity contribution in [2.24, 2.45) is 0 Å². The van der Waals surface area contributed by atoms with E-state index >= 15 is 0 Å². The van der Waals surface area contributed by atoms with Gasteiger partial charge in [0.05, 0.1) is 5.56 Å². The second-order valence-corrected chi connectivity index (χ2v) is 4.34. The fraction of sp³-hybridized carbons (Fsp3) is 0.188. The third-order valence-corrected chi connectivity index (χ3v) is 2.80. The molecule has 0 saturated carbocycles. The third-order valence-electron chi connectivity index (χ3n) is 2.80. The zero-order valence-corrected chi connectivity index (χ0v) is 11.1. The van der Waals surface area contributed by atoms with Gasteiger partial charge in [0.1, 0.15) is 12.4 Å². The molecule has 0 aromatic heterocycles. The van der Waals surface area contributed by atoms with Crippen molar-refractivity contribution in [2.45, 2.75) is 6.54 Å². The number of rotatable bonds is 7. The molecule has 2 aromatic rings. The van der Waals surface area contributed by atoms with Crippen LogP contribution in [0, 0.1) is 0 Å². The largest absolute Gasteiger partial charge is 0.492 e. The predicted molar refractivity (Wildman–Crippen MR) is 77.0 cm³/mol. The number of carboxylic acid groups (broad SMARTS) is 1. The van der Waals surface area contributed by atoms with Crippen molar-refractivity contribution in [1.82, 2.24) is 5.32 Å². The Morgan fingerprint density at radius 1 is 1.10 bits per heavy atom. The SMILES string of the molecule is O=C(O)c1cccc(OCCNCc2ccccc2)c1. The van der Waals surface area contributed by atoms with Crippen LogP contribution in [0.3, 0.4) is 0 Å². The number of aromatic carboxylic acids is 1. The molecule has 0 aliphatic carbocycles. The minimum Gasteiger partial charge on any atom is -0.492 e. The molecule has 2 rings (SSSR count). The van der Waals surface area contributed by atoms with Gasteiger partial charge in [0.15, 0.2) is 0 Å². The maximum atomic E-state index is 10.8. The summed E-state index contributed by atoms with van der Waals surface area (Å²) in [4.78, 5) is 10.8. The molecule has 0 spiro atoms. The van der Waals surface area contributed by atoms with Crippen LogP contribution in [0.4, 0.5) is 0 Å². The molecule has 0 aliphatic heterocycles. The number of carboxylic acids is 1. The molecule has 2 aromatic carbocycles. The number of hydrogen-bond donors (Lipinski definition) is 2. The number of nitrogens with one attached hydrogen (secondary N) is 1. The van der Waals surface area contributed by atoms with Crippen LogP contribution in [0.2, 0.25) is 0 Å². The van der Waals surface area contributed by atoms with Crippen LogP contribution in [0.25, 0.3) is 0 Å². The van der Waals surface area contributed by atoms with Gasteiger partial charge in [-0.05, 0) is 23.8 Å². The van der Waals surface area contributed by atoms with Gasteiger partial charge in [-0.15, -0.1) is 0 Å². The molecule has 0 saturated heterocycles. The van der Waals surface area contributed by atoms with Crippen molar-refractivity contribution in [2.75, 3.05) is 13.2 Å². The van der Waals surface area contributed by atoms with E-state index in [9.17, 15) is 4.79 Å². The standard InChI is InChI=1S/C16H17NO3/c18-16(19)14-7-4-8-15(11-14)20-10-9-17-12-13-5-2-1-3-6-13/h1-8,11,17H,9-10,12H2,(H,18,19). The lowest BCUT2D eigenvalue weighted by atomic mass is 10.2. The number of ether oxygens (including phenoxy) is 1. The van der Waals surface area contributed by atoms with Crippen molar-refractivity contribution in [3.8, 4) is 5.75 Å². The fourth-order valence-electron chi connectivity index (χ4n) is 1.79. The number of benzene rings is 2. The first kappa shape index (κ1) is 14.1. The third kappa shape index (κ3) is 4.40. The van der Waals surface area contributed by atoms with Crippen LogP contribution in [-0.4, -0.2) is 24.2 Å². The maximum absolute atomic E-state index is 10.8. The van der Waals surface area contributed by atoms with Crippen LogP contribution < -0.4 is 10.1 Å². The average Bonchev–Trinajstić information content (AvgIpc) is 2.48. The van der Waals surface area contributed by atoms with Gasteiger partial charge >= 0.3 is 5.97 Å². The van der Waals surface area contributed by atoms with Crippen molar-refractivity contribution >= 4 is 5.97 Å². The molecule has 0 fully saturated rings. The summed E-state index contributed by atoms with van der Waals surface area (Å²) in [5, 5.41) is 12.1. The molecule has 0 unspecified atom stereocenters. The summed E-state index contributed by atoms with van der Waals surface area (Å²) in [6.45, 7) is 1.99. The highest BCUT2D eigenvalue weighted by Gasteiger charge is 2.03. The normalized spacial score (nSPS) is 10.2. The second kappa shape index (κ2) is 7.31. The summed E-state index contributed by atoms with van der Waals surface area (Å²) < 4.78 is 5.51. The summed E-state index contributed by atoms with van der Waals surface area (Å²) in [5.74, 6) is -0.371. The first-order chi connectivity index (χ1) is 9.75. The van der Waals surface area contributed by atoms with Crippen molar-refractivity contribution in [1.29, 1.82) is 0 Å². The minimum absolute atomic E-state index is 0.236. The molecule has 0 atom stereocenters. The molecule has 4 heteroatoms. The molecule has 0 bridgehead atoms. The van der Waals surface area contributed by atoms with Crippen LogP contribution in [-0.2, 0) is 6.54 Å². The molecule has 4 nitrogen and oxygen atoms in total. The Balaban J connectivity index is 1.71. The molecule has 0 amide bonds. The smallest absolute Gasteiger partial charge is 0.335 e. The topological polar surface area (TPSA) is 58.6 Å². The van der Waals surface area contributed by atoms with E-state index in [4.69, 9.17) is 9.84 Å². The van der Waals surface area contributed by atoms with Crippen LogP contribution >= 0.6 is 0 Å². The Kier molecular flexibility index (Phi) is 5.15. The minimum atomic E-state index is -0.947. The molecule has 0 aliphatic rings. The zero-order valence-electron chi connectivity index (χ0n) is 11.1. The second-order valence-electron chi connectivity index (χ2n) is 4.34. The molecule has 0 heterocycles. The van der Waals surface area contributed by atoms with Gasteiger partial charge in [0.25, 0.3) is 0 Å². The lowest BCUT2D eigenvalue weighted by Gasteiger charge is -2.08. The Labute approximate surface area is 118 Å². The van der Waals surface area contributed by atoms with E-state index < -0.39 is 5.97 Å².